The molecule has 0 radical (unpaired) electrons. The average molecular weight is 253 g/mol. The molecular weight excluding hydrogens is 230 g/mol. The van der Waals surface area contributed by atoms with Gasteiger partial charge in [0.25, 0.3) is 0 Å². The Morgan fingerprint density at radius 3 is 2.82 bits per heavy atom. The predicted molar refractivity (Wildman–Crippen MR) is 76.7 cm³/mol. The highest BCUT2D eigenvalue weighted by molar-refractivity contribution is 7.99. The maximum Gasteiger partial charge on any atom is 0.119 e. The summed E-state index contributed by atoms with van der Waals surface area (Å²) >= 11 is 2.02. The molecule has 0 aliphatic carbocycles. The van der Waals surface area contributed by atoms with Crippen molar-refractivity contribution in [1.29, 1.82) is 0 Å². The Morgan fingerprint density at radius 1 is 1.24 bits per heavy atom. The summed E-state index contributed by atoms with van der Waals surface area (Å²) in [4.78, 5) is 0. The van der Waals surface area contributed by atoms with E-state index in [2.05, 4.69) is 6.92 Å². The van der Waals surface area contributed by atoms with E-state index < -0.39 is 0 Å². The third-order valence-electron chi connectivity index (χ3n) is 2.48. The zero-order chi connectivity index (χ0) is 12.3. The van der Waals surface area contributed by atoms with E-state index in [1.165, 1.54) is 24.3 Å². The fourth-order valence-electron chi connectivity index (χ4n) is 1.46. The molecule has 1 aromatic rings. The van der Waals surface area contributed by atoms with Crippen molar-refractivity contribution in [2.75, 3.05) is 18.1 Å². The number of thioether (sulfide) groups is 1. The van der Waals surface area contributed by atoms with E-state index in [4.69, 9.17) is 10.5 Å². The molecule has 0 saturated heterocycles. The van der Waals surface area contributed by atoms with Gasteiger partial charge < -0.3 is 10.5 Å². The summed E-state index contributed by atoms with van der Waals surface area (Å²) < 4.78 is 5.69. The van der Waals surface area contributed by atoms with Crippen LogP contribution >= 0.6 is 11.8 Å². The van der Waals surface area contributed by atoms with E-state index in [1.54, 1.807) is 0 Å². The maximum atomic E-state index is 5.69. The first-order chi connectivity index (χ1) is 8.36. The van der Waals surface area contributed by atoms with Crippen LogP contribution in [0.1, 0.15) is 31.7 Å². The highest BCUT2D eigenvalue weighted by Crippen LogP contribution is 2.13. The van der Waals surface area contributed by atoms with Crippen LogP contribution in [0.15, 0.2) is 24.3 Å². The van der Waals surface area contributed by atoms with Crippen LogP contribution in [0.5, 0.6) is 5.75 Å². The molecule has 0 aliphatic rings. The Hall–Kier alpha value is -0.670. The van der Waals surface area contributed by atoms with Gasteiger partial charge in [-0.2, -0.15) is 11.8 Å². The number of unbranched alkanes of at least 4 members (excludes halogenated alkanes) is 1. The van der Waals surface area contributed by atoms with Crippen LogP contribution in [0, 0.1) is 0 Å². The molecule has 2 N–H and O–H groups in total. The fraction of sp³-hybridized carbons (Fsp3) is 0.571. The molecule has 0 atom stereocenters. The van der Waals surface area contributed by atoms with Crippen molar-refractivity contribution in [2.45, 2.75) is 32.7 Å². The molecule has 1 aromatic carbocycles. The zero-order valence-electron chi connectivity index (χ0n) is 10.7. The molecule has 0 fully saturated rings. The average Bonchev–Trinajstić information content (AvgIpc) is 2.38. The zero-order valence-corrected chi connectivity index (χ0v) is 11.5. The molecule has 1 rings (SSSR count). The minimum Gasteiger partial charge on any atom is -0.494 e. The van der Waals surface area contributed by atoms with Gasteiger partial charge in [-0.15, -0.1) is 0 Å². The highest BCUT2D eigenvalue weighted by Gasteiger charge is 1.96. The van der Waals surface area contributed by atoms with Crippen molar-refractivity contribution in [3.63, 3.8) is 0 Å². The van der Waals surface area contributed by atoms with Crippen molar-refractivity contribution in [1.82, 2.24) is 0 Å². The molecule has 0 saturated carbocycles. The number of ether oxygens (including phenoxy) is 1. The molecule has 17 heavy (non-hydrogen) atoms. The van der Waals surface area contributed by atoms with Gasteiger partial charge in [-0.05, 0) is 42.0 Å². The number of hydrogen-bond acceptors (Lipinski definition) is 3. The van der Waals surface area contributed by atoms with E-state index in [0.717, 1.165) is 24.3 Å². The number of benzene rings is 1. The van der Waals surface area contributed by atoms with Crippen LogP contribution in [-0.4, -0.2) is 18.1 Å². The smallest absolute Gasteiger partial charge is 0.119 e. The van der Waals surface area contributed by atoms with E-state index in [0.29, 0.717) is 6.54 Å². The van der Waals surface area contributed by atoms with Crippen molar-refractivity contribution < 1.29 is 4.74 Å². The second-order valence-corrected chi connectivity index (χ2v) is 5.24. The molecule has 2 nitrogen and oxygen atoms in total. The lowest BCUT2D eigenvalue weighted by Crippen LogP contribution is -2.01. The largest absolute Gasteiger partial charge is 0.494 e. The minimum absolute atomic E-state index is 0.573. The summed E-state index contributed by atoms with van der Waals surface area (Å²) in [5.41, 5.74) is 6.71. The number of rotatable bonds is 9. The second-order valence-electron chi connectivity index (χ2n) is 4.02. The summed E-state index contributed by atoms with van der Waals surface area (Å²) in [6.45, 7) is 3.60. The molecule has 0 aromatic heterocycles. The van der Waals surface area contributed by atoms with Crippen LogP contribution in [-0.2, 0) is 6.54 Å². The molecule has 0 unspecified atom stereocenters. The van der Waals surface area contributed by atoms with Gasteiger partial charge >= 0.3 is 0 Å². The first-order valence-electron chi connectivity index (χ1n) is 6.36. The Morgan fingerprint density at radius 2 is 2.06 bits per heavy atom. The Labute approximate surface area is 109 Å². The minimum atomic E-state index is 0.573. The van der Waals surface area contributed by atoms with Gasteiger partial charge in [0.1, 0.15) is 5.75 Å². The normalized spacial score (nSPS) is 10.5. The van der Waals surface area contributed by atoms with Crippen LogP contribution < -0.4 is 10.5 Å². The van der Waals surface area contributed by atoms with E-state index in [-0.39, 0.29) is 0 Å². The van der Waals surface area contributed by atoms with Gasteiger partial charge in [-0.25, -0.2) is 0 Å². The summed E-state index contributed by atoms with van der Waals surface area (Å²) in [7, 11) is 0. The fourth-order valence-corrected chi connectivity index (χ4v) is 2.48. The molecule has 0 amide bonds. The monoisotopic (exact) mass is 253 g/mol. The van der Waals surface area contributed by atoms with Gasteiger partial charge in [0.2, 0.25) is 0 Å². The Kier molecular flexibility index (Phi) is 7.93. The standard InChI is InChI=1S/C14H23NOS/c1-2-3-9-17-10-5-8-16-14-7-4-6-13(11-14)12-15/h4,6-7,11H,2-3,5,8-10,12,15H2,1H3. The summed E-state index contributed by atoms with van der Waals surface area (Å²) in [5, 5.41) is 0. The quantitative estimate of drug-likeness (QED) is 0.685. The number of hydrogen-bond donors (Lipinski definition) is 1. The van der Waals surface area contributed by atoms with Crippen LogP contribution in [0.4, 0.5) is 0 Å². The van der Waals surface area contributed by atoms with Gasteiger partial charge in [-0.3, -0.25) is 0 Å². The second kappa shape index (κ2) is 9.37. The molecule has 96 valence electrons. The summed E-state index contributed by atoms with van der Waals surface area (Å²) in [5.74, 6) is 3.40. The van der Waals surface area contributed by atoms with Gasteiger partial charge in [-0.1, -0.05) is 25.5 Å². The van der Waals surface area contributed by atoms with Crippen LogP contribution in [0.3, 0.4) is 0 Å². The van der Waals surface area contributed by atoms with Crippen molar-refractivity contribution >= 4 is 11.8 Å². The van der Waals surface area contributed by atoms with Crippen LogP contribution in [0.25, 0.3) is 0 Å². The van der Waals surface area contributed by atoms with E-state index >= 15 is 0 Å². The lowest BCUT2D eigenvalue weighted by Gasteiger charge is -2.07. The molecule has 0 aliphatic heterocycles. The molecule has 0 heterocycles. The topological polar surface area (TPSA) is 35.2 Å². The highest BCUT2D eigenvalue weighted by atomic mass is 32.2. The van der Waals surface area contributed by atoms with Gasteiger partial charge in [0.05, 0.1) is 6.61 Å². The van der Waals surface area contributed by atoms with Gasteiger partial charge in [0.15, 0.2) is 0 Å². The molecule has 0 spiro atoms. The predicted octanol–water partition coefficient (Wildman–Crippen LogP) is 3.45. The number of nitrogens with two attached hydrogens (primary N) is 1. The molecule has 3 heteroatoms. The Bertz CT molecular complexity index is 304. The first-order valence-corrected chi connectivity index (χ1v) is 7.52. The van der Waals surface area contributed by atoms with Crippen molar-refractivity contribution in [3.8, 4) is 5.75 Å². The SMILES string of the molecule is CCCCSCCCOc1cccc(CN)c1. The summed E-state index contributed by atoms with van der Waals surface area (Å²) in [6, 6.07) is 8.02. The lowest BCUT2D eigenvalue weighted by molar-refractivity contribution is 0.318. The molecule has 0 bridgehead atoms. The third kappa shape index (κ3) is 6.59. The van der Waals surface area contributed by atoms with Gasteiger partial charge in [0, 0.05) is 6.54 Å². The maximum absolute atomic E-state index is 5.69. The van der Waals surface area contributed by atoms with Crippen molar-refractivity contribution in [3.05, 3.63) is 29.8 Å². The first kappa shape index (κ1) is 14.4. The Balaban J connectivity index is 2.09. The van der Waals surface area contributed by atoms with Crippen molar-refractivity contribution in [2.24, 2.45) is 5.73 Å². The van der Waals surface area contributed by atoms with E-state index in [1.807, 2.05) is 36.0 Å². The summed E-state index contributed by atoms with van der Waals surface area (Å²) in [6.07, 6.45) is 3.72. The third-order valence-corrected chi connectivity index (χ3v) is 3.63. The molecular formula is C14H23NOS. The lowest BCUT2D eigenvalue weighted by atomic mass is 10.2. The van der Waals surface area contributed by atoms with Crippen LogP contribution in [0.2, 0.25) is 0 Å². The van der Waals surface area contributed by atoms with E-state index in [9.17, 15) is 0 Å².